The van der Waals surface area contributed by atoms with Crippen LogP contribution in [-0.4, -0.2) is 5.25 Å². The van der Waals surface area contributed by atoms with E-state index in [4.69, 9.17) is 0 Å². The van der Waals surface area contributed by atoms with E-state index < -0.39 is 0 Å². The van der Waals surface area contributed by atoms with Crippen molar-refractivity contribution in [1.29, 1.82) is 0 Å². The maximum absolute atomic E-state index is 2.29. The normalized spacial score (nSPS) is 19.9. The summed E-state index contributed by atoms with van der Waals surface area (Å²) in [5, 5.41) is 0.667. The summed E-state index contributed by atoms with van der Waals surface area (Å²) in [7, 11) is 0. The Morgan fingerprint density at radius 3 is 2.71 bits per heavy atom. The third-order valence-electron chi connectivity index (χ3n) is 2.25. The first-order valence-corrected chi connectivity index (χ1v) is 5.99. The van der Waals surface area contributed by atoms with Gasteiger partial charge in [-0.2, -0.15) is 0 Å². The Balaban J connectivity index is 1.83. The quantitative estimate of drug-likeness (QED) is 0.718. The van der Waals surface area contributed by atoms with Crippen molar-refractivity contribution in [2.24, 2.45) is 0 Å². The minimum Gasteiger partial charge on any atom is -0.149 e. The van der Waals surface area contributed by atoms with E-state index in [-0.39, 0.29) is 0 Å². The van der Waals surface area contributed by atoms with Gasteiger partial charge in [-0.1, -0.05) is 54.6 Å². The fraction of sp³-hybridized carbons (Fsp3) is 0.231. The Hall–Kier alpha value is -0.950. The van der Waals surface area contributed by atoms with Gasteiger partial charge in [-0.3, -0.25) is 0 Å². The Morgan fingerprint density at radius 2 is 2.00 bits per heavy atom. The van der Waals surface area contributed by atoms with Crippen LogP contribution >= 0.6 is 11.8 Å². The van der Waals surface area contributed by atoms with Crippen molar-refractivity contribution in [2.45, 2.75) is 17.4 Å². The molecule has 0 nitrogen and oxygen atoms in total. The van der Waals surface area contributed by atoms with Gasteiger partial charge in [-0.05, 0) is 12.0 Å². The van der Waals surface area contributed by atoms with Crippen molar-refractivity contribution in [3.8, 4) is 0 Å². The molecule has 1 aliphatic rings. The Kier molecular flexibility index (Phi) is 3.47. The van der Waals surface area contributed by atoms with Crippen LogP contribution in [0.25, 0.3) is 0 Å². The summed E-state index contributed by atoms with van der Waals surface area (Å²) in [6.45, 7) is 0. The maximum atomic E-state index is 2.29. The number of hydrogen-bond acceptors (Lipinski definition) is 1. The summed E-state index contributed by atoms with van der Waals surface area (Å²) in [5.74, 6) is 1.11. The first kappa shape index (κ1) is 9.60. The van der Waals surface area contributed by atoms with E-state index >= 15 is 0 Å². The maximum Gasteiger partial charge on any atom is 0.0268 e. The highest BCUT2D eigenvalue weighted by Crippen LogP contribution is 2.23. The van der Waals surface area contributed by atoms with Gasteiger partial charge in [0.25, 0.3) is 0 Å². The lowest BCUT2D eigenvalue weighted by Gasteiger charge is -2.12. The van der Waals surface area contributed by atoms with Crippen molar-refractivity contribution in [2.75, 3.05) is 0 Å². The Bertz CT molecular complexity index is 324. The van der Waals surface area contributed by atoms with Crippen molar-refractivity contribution >= 4 is 11.8 Å². The fourth-order valence-corrected chi connectivity index (χ4v) is 2.51. The van der Waals surface area contributed by atoms with Gasteiger partial charge >= 0.3 is 0 Å². The summed E-state index contributed by atoms with van der Waals surface area (Å²) in [6.07, 6.45) is 9.97. The summed E-state index contributed by atoms with van der Waals surface area (Å²) < 4.78 is 0. The van der Waals surface area contributed by atoms with Crippen LogP contribution in [0.2, 0.25) is 0 Å². The van der Waals surface area contributed by atoms with Gasteiger partial charge in [0.2, 0.25) is 0 Å². The lowest BCUT2D eigenvalue weighted by Crippen LogP contribution is -1.99. The highest BCUT2D eigenvalue weighted by atomic mass is 32.2. The van der Waals surface area contributed by atoms with Gasteiger partial charge in [0.1, 0.15) is 0 Å². The van der Waals surface area contributed by atoms with Crippen molar-refractivity contribution in [3.05, 3.63) is 60.2 Å². The molecule has 0 aromatic heterocycles. The van der Waals surface area contributed by atoms with E-state index in [1.807, 2.05) is 11.8 Å². The van der Waals surface area contributed by atoms with Crippen molar-refractivity contribution in [1.82, 2.24) is 0 Å². The summed E-state index contributed by atoms with van der Waals surface area (Å²) in [4.78, 5) is 0. The first-order valence-electron chi connectivity index (χ1n) is 4.94. The molecule has 1 atom stereocenters. The number of rotatable bonds is 3. The van der Waals surface area contributed by atoms with Gasteiger partial charge < -0.3 is 0 Å². The van der Waals surface area contributed by atoms with Crippen LogP contribution in [0.5, 0.6) is 0 Å². The molecule has 1 aromatic rings. The second-order valence-corrected chi connectivity index (χ2v) is 4.61. The topological polar surface area (TPSA) is 0 Å². The van der Waals surface area contributed by atoms with E-state index in [2.05, 4.69) is 54.6 Å². The van der Waals surface area contributed by atoms with Gasteiger partial charge in [0, 0.05) is 11.0 Å². The largest absolute Gasteiger partial charge is 0.149 e. The molecular weight excluding hydrogens is 188 g/mol. The minimum atomic E-state index is 0.667. The van der Waals surface area contributed by atoms with Crippen molar-refractivity contribution < 1.29 is 0 Å². The zero-order chi connectivity index (χ0) is 9.64. The standard InChI is InChI=1S/C13H14S/c1-3-7-12(8-4-1)11-14-13-9-5-2-6-10-13/h1-9,13H,10-11H2. The van der Waals surface area contributed by atoms with Crippen LogP contribution in [0, 0.1) is 0 Å². The van der Waals surface area contributed by atoms with Crippen molar-refractivity contribution in [3.63, 3.8) is 0 Å². The van der Waals surface area contributed by atoms with Crippen LogP contribution in [0.15, 0.2) is 54.6 Å². The Labute approximate surface area is 89.7 Å². The highest BCUT2D eigenvalue weighted by molar-refractivity contribution is 7.99. The van der Waals surface area contributed by atoms with Gasteiger partial charge in [-0.25, -0.2) is 0 Å². The molecule has 0 saturated carbocycles. The monoisotopic (exact) mass is 202 g/mol. The molecule has 1 unspecified atom stereocenters. The molecule has 72 valence electrons. The number of benzene rings is 1. The van der Waals surface area contributed by atoms with Crippen LogP contribution in [-0.2, 0) is 5.75 Å². The molecule has 0 radical (unpaired) electrons. The van der Waals surface area contributed by atoms with Crippen LogP contribution < -0.4 is 0 Å². The molecule has 0 saturated heterocycles. The van der Waals surface area contributed by atoms with E-state index in [1.165, 1.54) is 12.0 Å². The van der Waals surface area contributed by atoms with E-state index in [9.17, 15) is 0 Å². The molecule has 0 fully saturated rings. The molecule has 1 aromatic carbocycles. The fourth-order valence-electron chi connectivity index (χ4n) is 1.46. The van der Waals surface area contributed by atoms with E-state index in [1.54, 1.807) is 0 Å². The molecule has 1 heteroatoms. The third kappa shape index (κ3) is 2.78. The zero-order valence-corrected chi connectivity index (χ0v) is 8.91. The molecular formula is C13H14S. The lowest BCUT2D eigenvalue weighted by molar-refractivity contribution is 1.05. The average molecular weight is 202 g/mol. The molecule has 0 N–H and O–H groups in total. The zero-order valence-electron chi connectivity index (χ0n) is 8.10. The summed E-state index contributed by atoms with van der Waals surface area (Å²) >= 11 is 2.01. The molecule has 14 heavy (non-hydrogen) atoms. The average Bonchev–Trinajstić information content (AvgIpc) is 2.29. The van der Waals surface area contributed by atoms with Gasteiger partial charge in [0.15, 0.2) is 0 Å². The Morgan fingerprint density at radius 1 is 1.14 bits per heavy atom. The molecule has 0 heterocycles. The second kappa shape index (κ2) is 5.06. The van der Waals surface area contributed by atoms with E-state index in [0.29, 0.717) is 5.25 Å². The smallest absolute Gasteiger partial charge is 0.0268 e. The predicted octanol–water partition coefficient (Wildman–Crippen LogP) is 3.80. The molecule has 0 spiro atoms. The predicted molar refractivity (Wildman–Crippen MR) is 64.4 cm³/mol. The van der Waals surface area contributed by atoms with E-state index in [0.717, 1.165) is 5.75 Å². The van der Waals surface area contributed by atoms with Gasteiger partial charge in [0.05, 0.1) is 0 Å². The second-order valence-electron chi connectivity index (χ2n) is 3.38. The minimum absolute atomic E-state index is 0.667. The first-order chi connectivity index (χ1) is 6.95. The molecule has 0 bridgehead atoms. The van der Waals surface area contributed by atoms with Crippen LogP contribution in [0.4, 0.5) is 0 Å². The molecule has 2 rings (SSSR count). The number of allylic oxidation sites excluding steroid dienone is 3. The number of hydrogen-bond donors (Lipinski definition) is 0. The molecule has 0 aliphatic heterocycles. The van der Waals surface area contributed by atoms with Crippen LogP contribution in [0.1, 0.15) is 12.0 Å². The SMILES string of the molecule is C1=CCC(SCc2ccccc2)C=C1. The summed E-state index contributed by atoms with van der Waals surface area (Å²) in [5.41, 5.74) is 1.42. The third-order valence-corrected chi connectivity index (χ3v) is 3.53. The van der Waals surface area contributed by atoms with Crippen LogP contribution in [0.3, 0.4) is 0 Å². The molecule has 1 aliphatic carbocycles. The highest BCUT2D eigenvalue weighted by Gasteiger charge is 2.05. The summed E-state index contributed by atoms with van der Waals surface area (Å²) in [6, 6.07) is 10.7. The van der Waals surface area contributed by atoms with Gasteiger partial charge in [-0.15, -0.1) is 11.8 Å². The molecule has 0 amide bonds. The lowest BCUT2D eigenvalue weighted by atomic mass is 10.2. The number of thioether (sulfide) groups is 1.